The molecule has 6 heteroatoms. The third kappa shape index (κ3) is 1.64. The van der Waals surface area contributed by atoms with Crippen molar-refractivity contribution in [1.82, 2.24) is 19.5 Å². The Morgan fingerprint density at radius 1 is 1.50 bits per heavy atom. The van der Waals surface area contributed by atoms with Crippen LogP contribution in [0.4, 0.5) is 0 Å². The van der Waals surface area contributed by atoms with Gasteiger partial charge in [-0.1, -0.05) is 0 Å². The molecule has 18 heavy (non-hydrogen) atoms. The average Bonchev–Trinajstić information content (AvgIpc) is 3.15. The van der Waals surface area contributed by atoms with Crippen molar-refractivity contribution in [1.29, 1.82) is 0 Å². The zero-order valence-electron chi connectivity index (χ0n) is 10.4. The van der Waals surface area contributed by atoms with Gasteiger partial charge in [0.2, 0.25) is 0 Å². The van der Waals surface area contributed by atoms with Crippen molar-refractivity contribution >= 4 is 17.1 Å². The standard InChI is InChI=1S/C12H14N4O2/c1-3-18-12(17)9-8-11(14-6-13-9)16(2)10(15-8)7-4-5-7/h6-7H,3-5H2,1-2H3. The number of hydrogen-bond acceptors (Lipinski definition) is 5. The number of fused-ring (bicyclic) bond motifs is 1. The molecule has 0 spiro atoms. The van der Waals surface area contributed by atoms with Crippen LogP contribution in [0.1, 0.15) is 42.0 Å². The largest absolute Gasteiger partial charge is 0.461 e. The van der Waals surface area contributed by atoms with Crippen LogP contribution in [0.5, 0.6) is 0 Å². The van der Waals surface area contributed by atoms with Gasteiger partial charge in [0, 0.05) is 13.0 Å². The van der Waals surface area contributed by atoms with Crippen LogP contribution in [0.25, 0.3) is 11.2 Å². The normalized spacial score (nSPS) is 15.0. The van der Waals surface area contributed by atoms with E-state index in [1.54, 1.807) is 6.92 Å². The minimum atomic E-state index is -0.439. The molecule has 94 valence electrons. The van der Waals surface area contributed by atoms with Crippen molar-refractivity contribution < 1.29 is 9.53 Å². The van der Waals surface area contributed by atoms with Gasteiger partial charge in [0.15, 0.2) is 11.3 Å². The van der Waals surface area contributed by atoms with Crippen LogP contribution in [0.3, 0.4) is 0 Å². The predicted octanol–water partition coefficient (Wildman–Crippen LogP) is 1.42. The van der Waals surface area contributed by atoms with Crippen LogP contribution in [-0.4, -0.2) is 32.1 Å². The summed E-state index contributed by atoms with van der Waals surface area (Å²) in [5.41, 5.74) is 1.49. The Labute approximate surface area is 104 Å². The van der Waals surface area contributed by atoms with E-state index in [4.69, 9.17) is 4.74 Å². The van der Waals surface area contributed by atoms with Gasteiger partial charge in [-0.15, -0.1) is 0 Å². The summed E-state index contributed by atoms with van der Waals surface area (Å²) in [6.07, 6.45) is 3.69. The van der Waals surface area contributed by atoms with E-state index in [9.17, 15) is 4.79 Å². The molecule has 1 fully saturated rings. The lowest BCUT2D eigenvalue weighted by Gasteiger charge is -2.01. The predicted molar refractivity (Wildman–Crippen MR) is 64.2 cm³/mol. The SMILES string of the molecule is CCOC(=O)c1ncnc2c1nc(C1CC1)n2C. The van der Waals surface area contributed by atoms with Crippen molar-refractivity contribution in [3.8, 4) is 0 Å². The molecule has 0 N–H and O–H groups in total. The van der Waals surface area contributed by atoms with Crippen molar-refractivity contribution in [3.05, 3.63) is 17.8 Å². The van der Waals surface area contributed by atoms with E-state index in [1.807, 2.05) is 11.6 Å². The van der Waals surface area contributed by atoms with E-state index < -0.39 is 5.97 Å². The monoisotopic (exact) mass is 246 g/mol. The summed E-state index contributed by atoms with van der Waals surface area (Å²) in [5, 5.41) is 0. The fraction of sp³-hybridized carbons (Fsp3) is 0.500. The van der Waals surface area contributed by atoms with Gasteiger partial charge in [-0.2, -0.15) is 0 Å². The first-order chi connectivity index (χ1) is 8.72. The minimum Gasteiger partial charge on any atom is -0.461 e. The third-order valence-electron chi connectivity index (χ3n) is 3.10. The first kappa shape index (κ1) is 11.1. The molecule has 1 aliphatic carbocycles. The molecule has 2 heterocycles. The molecule has 0 atom stereocenters. The second kappa shape index (κ2) is 4.04. The van der Waals surface area contributed by atoms with Gasteiger partial charge in [0.1, 0.15) is 17.7 Å². The van der Waals surface area contributed by atoms with E-state index in [-0.39, 0.29) is 5.69 Å². The zero-order chi connectivity index (χ0) is 12.7. The van der Waals surface area contributed by atoms with Crippen LogP contribution < -0.4 is 0 Å². The highest BCUT2D eigenvalue weighted by Gasteiger charge is 2.30. The molecule has 0 saturated heterocycles. The Bertz CT molecular complexity index is 616. The number of rotatable bonds is 3. The van der Waals surface area contributed by atoms with Gasteiger partial charge >= 0.3 is 5.97 Å². The number of imidazole rings is 1. The Balaban J connectivity index is 2.15. The number of aryl methyl sites for hydroxylation is 1. The molecule has 0 aromatic carbocycles. The number of carbonyl (C=O) groups is 1. The Hall–Kier alpha value is -1.98. The maximum atomic E-state index is 11.8. The van der Waals surface area contributed by atoms with Crippen molar-refractivity contribution in [2.24, 2.45) is 7.05 Å². The number of ether oxygens (including phenoxy) is 1. The lowest BCUT2D eigenvalue weighted by molar-refractivity contribution is 0.0521. The quantitative estimate of drug-likeness (QED) is 0.766. The Kier molecular flexibility index (Phi) is 2.50. The molecular formula is C12H14N4O2. The fourth-order valence-electron chi connectivity index (χ4n) is 2.07. The number of nitrogens with zero attached hydrogens (tertiary/aromatic N) is 4. The summed E-state index contributed by atoms with van der Waals surface area (Å²) < 4.78 is 6.92. The van der Waals surface area contributed by atoms with E-state index in [0.29, 0.717) is 23.7 Å². The van der Waals surface area contributed by atoms with Gasteiger partial charge in [-0.3, -0.25) is 0 Å². The highest BCUT2D eigenvalue weighted by Crippen LogP contribution is 2.40. The molecule has 0 bridgehead atoms. The van der Waals surface area contributed by atoms with Crippen LogP contribution in [0.15, 0.2) is 6.33 Å². The number of hydrogen-bond donors (Lipinski definition) is 0. The molecule has 0 amide bonds. The maximum absolute atomic E-state index is 11.8. The van der Waals surface area contributed by atoms with Gasteiger partial charge in [0.05, 0.1) is 6.61 Å². The van der Waals surface area contributed by atoms with E-state index in [1.165, 1.54) is 6.33 Å². The molecule has 2 aromatic rings. The molecule has 0 unspecified atom stereocenters. The van der Waals surface area contributed by atoms with Crippen molar-refractivity contribution in [2.45, 2.75) is 25.7 Å². The van der Waals surface area contributed by atoms with Crippen LogP contribution in [-0.2, 0) is 11.8 Å². The highest BCUT2D eigenvalue weighted by molar-refractivity contribution is 5.98. The molecule has 3 rings (SSSR count). The van der Waals surface area contributed by atoms with Crippen LogP contribution >= 0.6 is 0 Å². The van der Waals surface area contributed by atoms with Gasteiger partial charge in [-0.25, -0.2) is 19.7 Å². The number of carbonyl (C=O) groups excluding carboxylic acids is 1. The molecule has 1 aliphatic rings. The van der Waals surface area contributed by atoms with E-state index in [2.05, 4.69) is 15.0 Å². The lowest BCUT2D eigenvalue weighted by atomic mass is 10.3. The summed E-state index contributed by atoms with van der Waals surface area (Å²) in [7, 11) is 1.92. The lowest BCUT2D eigenvalue weighted by Crippen LogP contribution is -2.08. The van der Waals surface area contributed by atoms with Gasteiger partial charge in [0.25, 0.3) is 0 Å². The third-order valence-corrected chi connectivity index (χ3v) is 3.10. The van der Waals surface area contributed by atoms with E-state index in [0.717, 1.165) is 18.7 Å². The summed E-state index contributed by atoms with van der Waals surface area (Å²) >= 11 is 0. The molecule has 6 nitrogen and oxygen atoms in total. The second-order valence-corrected chi connectivity index (χ2v) is 4.42. The summed E-state index contributed by atoms with van der Waals surface area (Å²) in [6.45, 7) is 2.09. The molecule has 0 aliphatic heterocycles. The first-order valence-corrected chi connectivity index (χ1v) is 6.06. The molecular weight excluding hydrogens is 232 g/mol. The van der Waals surface area contributed by atoms with Crippen LogP contribution in [0, 0.1) is 0 Å². The number of esters is 1. The Morgan fingerprint density at radius 2 is 2.28 bits per heavy atom. The summed E-state index contributed by atoms with van der Waals surface area (Å²) in [6, 6.07) is 0. The second-order valence-electron chi connectivity index (χ2n) is 4.42. The minimum absolute atomic E-state index is 0.254. The molecule has 0 radical (unpaired) electrons. The van der Waals surface area contributed by atoms with Crippen molar-refractivity contribution in [2.75, 3.05) is 6.61 Å². The van der Waals surface area contributed by atoms with Crippen LogP contribution in [0.2, 0.25) is 0 Å². The summed E-state index contributed by atoms with van der Waals surface area (Å²) in [4.78, 5) is 24.5. The Morgan fingerprint density at radius 3 is 2.94 bits per heavy atom. The van der Waals surface area contributed by atoms with Crippen molar-refractivity contribution in [3.63, 3.8) is 0 Å². The average molecular weight is 246 g/mol. The van der Waals surface area contributed by atoms with E-state index >= 15 is 0 Å². The topological polar surface area (TPSA) is 69.9 Å². The van der Waals surface area contributed by atoms with Gasteiger partial charge < -0.3 is 9.30 Å². The first-order valence-electron chi connectivity index (χ1n) is 6.06. The smallest absolute Gasteiger partial charge is 0.359 e. The molecule has 2 aromatic heterocycles. The maximum Gasteiger partial charge on any atom is 0.359 e. The molecule has 1 saturated carbocycles. The summed E-state index contributed by atoms with van der Waals surface area (Å²) in [5.74, 6) is 1.04. The zero-order valence-corrected chi connectivity index (χ0v) is 10.4. The fourth-order valence-corrected chi connectivity index (χ4v) is 2.07. The van der Waals surface area contributed by atoms with Gasteiger partial charge in [-0.05, 0) is 19.8 Å². The number of aromatic nitrogens is 4. The highest BCUT2D eigenvalue weighted by atomic mass is 16.5.